The van der Waals surface area contributed by atoms with E-state index in [4.69, 9.17) is 11.0 Å². The number of nitrogens with zero attached hydrogens (tertiary/aromatic N) is 5. The van der Waals surface area contributed by atoms with Crippen LogP contribution >= 0.6 is 0 Å². The zero-order chi connectivity index (χ0) is 37.3. The SMILES string of the molecule is [C-]#[N+]c1ccc(C#N)c(-n2c3ccccc3c3ccccc32)c1-n1c2ccc(N(c3ccccc3)c3ccccc3)cc2c2c3oc4ccccc4c3ccc21. The van der Waals surface area contributed by atoms with Gasteiger partial charge >= 0.3 is 0 Å². The van der Waals surface area contributed by atoms with Crippen LogP contribution < -0.4 is 4.90 Å². The molecule has 0 fully saturated rings. The average molecular weight is 716 g/mol. The van der Waals surface area contributed by atoms with Crippen LogP contribution in [0, 0.1) is 17.9 Å². The molecule has 11 rings (SSSR count). The third-order valence-electron chi connectivity index (χ3n) is 10.9. The van der Waals surface area contributed by atoms with Crippen molar-refractivity contribution in [3.05, 3.63) is 193 Å². The molecule has 6 nitrogen and oxygen atoms in total. The van der Waals surface area contributed by atoms with Gasteiger partial charge < -0.3 is 18.5 Å². The maximum Gasteiger partial charge on any atom is 0.212 e. The Hall–Kier alpha value is -8.06. The lowest BCUT2D eigenvalue weighted by atomic mass is 10.1. The van der Waals surface area contributed by atoms with Gasteiger partial charge in [0.2, 0.25) is 5.69 Å². The lowest BCUT2D eigenvalue weighted by Gasteiger charge is -2.25. The number of furan rings is 1. The van der Waals surface area contributed by atoms with Crippen LogP contribution in [0.2, 0.25) is 0 Å². The van der Waals surface area contributed by atoms with E-state index in [1.54, 1.807) is 12.1 Å². The number of benzene rings is 8. The van der Waals surface area contributed by atoms with Crippen molar-refractivity contribution in [2.24, 2.45) is 0 Å². The number of hydrogen-bond acceptors (Lipinski definition) is 3. The Morgan fingerprint density at radius 1 is 0.500 bits per heavy atom. The van der Waals surface area contributed by atoms with Gasteiger partial charge in [0.05, 0.1) is 51.0 Å². The van der Waals surface area contributed by atoms with E-state index < -0.39 is 0 Å². The van der Waals surface area contributed by atoms with E-state index in [0.717, 1.165) is 82.6 Å². The second-order valence-corrected chi connectivity index (χ2v) is 13.9. The lowest BCUT2D eigenvalue weighted by molar-refractivity contribution is 0.673. The molecule has 6 heteroatoms. The molecule has 3 heterocycles. The Morgan fingerprint density at radius 3 is 1.73 bits per heavy atom. The van der Waals surface area contributed by atoms with E-state index in [1.165, 1.54) is 0 Å². The smallest absolute Gasteiger partial charge is 0.212 e. The summed E-state index contributed by atoms with van der Waals surface area (Å²) in [6, 6.07) is 62.2. The largest absolute Gasteiger partial charge is 0.455 e. The third kappa shape index (κ3) is 4.48. The summed E-state index contributed by atoms with van der Waals surface area (Å²) in [4.78, 5) is 6.40. The molecule has 0 saturated heterocycles. The first-order valence-electron chi connectivity index (χ1n) is 18.5. The molecule has 8 aromatic carbocycles. The number of rotatable bonds is 5. The van der Waals surface area contributed by atoms with Crippen LogP contribution in [0.4, 0.5) is 22.7 Å². The maximum absolute atomic E-state index is 10.8. The van der Waals surface area contributed by atoms with Crippen molar-refractivity contribution >= 4 is 88.3 Å². The summed E-state index contributed by atoms with van der Waals surface area (Å²) in [5.74, 6) is 0. The first-order valence-corrected chi connectivity index (χ1v) is 18.5. The number of fused-ring (bicyclic) bond motifs is 10. The van der Waals surface area contributed by atoms with Crippen LogP contribution in [0.25, 0.3) is 81.8 Å². The zero-order valence-corrected chi connectivity index (χ0v) is 29.9. The zero-order valence-electron chi connectivity index (χ0n) is 29.9. The van der Waals surface area contributed by atoms with Gasteiger partial charge in [0.25, 0.3) is 0 Å². The van der Waals surface area contributed by atoms with Crippen LogP contribution in [0.5, 0.6) is 0 Å². The number of hydrogen-bond donors (Lipinski definition) is 0. The first-order chi connectivity index (χ1) is 27.7. The standard InChI is InChI=1S/C50H29N5O/c1-52-41-27-24-32(31-51)48(54-42-21-11-8-18-36(42)37-19-9-12-22-43(37)54)49(41)55-44-28-25-35(53(33-14-4-2-5-15-33)34-16-6-3-7-17-34)30-40(44)47-45(55)29-26-39-38-20-10-13-23-46(38)56-50(39)47/h2-30H. The molecule has 11 aromatic rings. The molecule has 56 heavy (non-hydrogen) atoms. The molecule has 0 bridgehead atoms. The molecule has 0 aliphatic rings. The third-order valence-corrected chi connectivity index (χ3v) is 10.9. The number of nitriles is 1. The highest BCUT2D eigenvalue weighted by molar-refractivity contribution is 6.24. The maximum atomic E-state index is 10.8. The molecule has 3 aromatic heterocycles. The van der Waals surface area contributed by atoms with E-state index in [2.05, 4.69) is 134 Å². The topological polar surface area (TPSA) is 54.4 Å². The lowest BCUT2D eigenvalue weighted by Crippen LogP contribution is -2.09. The highest BCUT2D eigenvalue weighted by Gasteiger charge is 2.27. The minimum absolute atomic E-state index is 0.434. The molecule has 0 aliphatic carbocycles. The summed E-state index contributed by atoms with van der Waals surface area (Å²) in [6.45, 7) is 8.56. The van der Waals surface area contributed by atoms with Gasteiger partial charge in [-0.3, -0.25) is 0 Å². The van der Waals surface area contributed by atoms with Gasteiger partial charge in [-0.25, -0.2) is 4.85 Å². The van der Waals surface area contributed by atoms with Gasteiger partial charge in [-0.1, -0.05) is 103 Å². The molecule has 0 N–H and O–H groups in total. The predicted molar refractivity (Wildman–Crippen MR) is 228 cm³/mol. The number of aromatic nitrogens is 2. The fourth-order valence-electron chi connectivity index (χ4n) is 8.62. The molecule has 0 spiro atoms. The van der Waals surface area contributed by atoms with Crippen LogP contribution in [0.15, 0.2) is 180 Å². The molecule has 0 unspecified atom stereocenters. The molecule has 0 saturated carbocycles. The van der Waals surface area contributed by atoms with Crippen molar-refractivity contribution in [2.45, 2.75) is 0 Å². The predicted octanol–water partition coefficient (Wildman–Crippen LogP) is 13.7. The minimum atomic E-state index is 0.434. The van der Waals surface area contributed by atoms with Gasteiger partial charge in [0.1, 0.15) is 17.2 Å². The molecular formula is C50H29N5O. The molecule has 0 atom stereocenters. The van der Waals surface area contributed by atoms with Crippen LogP contribution in [0.1, 0.15) is 5.56 Å². The van der Waals surface area contributed by atoms with Crippen LogP contribution in [0.3, 0.4) is 0 Å². The minimum Gasteiger partial charge on any atom is -0.455 e. The summed E-state index contributed by atoms with van der Waals surface area (Å²) < 4.78 is 11.1. The highest BCUT2D eigenvalue weighted by Crippen LogP contribution is 2.47. The molecule has 0 aliphatic heterocycles. The Bertz CT molecular complexity index is 3360. The molecular weight excluding hydrogens is 687 g/mol. The summed E-state index contributed by atoms with van der Waals surface area (Å²) in [5.41, 5.74) is 10.5. The van der Waals surface area contributed by atoms with Gasteiger partial charge in [-0.15, -0.1) is 0 Å². The quantitative estimate of drug-likeness (QED) is 0.167. The normalized spacial score (nSPS) is 11.5. The average Bonchev–Trinajstić information content (AvgIpc) is 3.91. The summed E-state index contributed by atoms with van der Waals surface area (Å²) >= 11 is 0. The molecule has 0 radical (unpaired) electrons. The number of anilines is 3. The molecule has 260 valence electrons. The van der Waals surface area contributed by atoms with Crippen LogP contribution in [-0.4, -0.2) is 9.13 Å². The van der Waals surface area contributed by atoms with Gasteiger partial charge in [-0.05, 0) is 72.8 Å². The van der Waals surface area contributed by atoms with Crippen molar-refractivity contribution in [1.82, 2.24) is 9.13 Å². The van der Waals surface area contributed by atoms with Gasteiger partial charge in [0, 0.05) is 44.0 Å². The van der Waals surface area contributed by atoms with Gasteiger partial charge in [0.15, 0.2) is 0 Å². The fraction of sp³-hybridized carbons (Fsp3) is 0. The van der Waals surface area contributed by atoms with Crippen molar-refractivity contribution < 1.29 is 4.42 Å². The van der Waals surface area contributed by atoms with Crippen molar-refractivity contribution in [3.63, 3.8) is 0 Å². The van der Waals surface area contributed by atoms with E-state index >= 15 is 0 Å². The summed E-state index contributed by atoms with van der Waals surface area (Å²) in [5, 5.41) is 16.9. The Morgan fingerprint density at radius 2 is 1.07 bits per heavy atom. The van der Waals surface area contributed by atoms with Crippen molar-refractivity contribution in [1.29, 1.82) is 5.26 Å². The van der Waals surface area contributed by atoms with E-state index in [-0.39, 0.29) is 0 Å². The number of para-hydroxylation sites is 5. The van der Waals surface area contributed by atoms with Crippen molar-refractivity contribution in [2.75, 3.05) is 4.90 Å². The molecule has 0 amide bonds. The van der Waals surface area contributed by atoms with Gasteiger partial charge in [-0.2, -0.15) is 5.26 Å². The second-order valence-electron chi connectivity index (χ2n) is 13.9. The Kier molecular flexibility index (Phi) is 6.88. The van der Waals surface area contributed by atoms with Crippen molar-refractivity contribution in [3.8, 4) is 17.4 Å². The van der Waals surface area contributed by atoms with Crippen LogP contribution in [-0.2, 0) is 0 Å². The monoisotopic (exact) mass is 715 g/mol. The van der Waals surface area contributed by atoms with E-state index in [9.17, 15) is 5.26 Å². The Labute approximate surface area is 321 Å². The summed E-state index contributed by atoms with van der Waals surface area (Å²) in [6.07, 6.45) is 0. The second kappa shape index (κ2) is 12.2. The van der Waals surface area contributed by atoms with E-state index in [1.807, 2.05) is 54.6 Å². The van der Waals surface area contributed by atoms with E-state index in [0.29, 0.717) is 22.6 Å². The Balaban J connectivity index is 1.31. The first kappa shape index (κ1) is 31.5. The summed E-state index contributed by atoms with van der Waals surface area (Å²) in [7, 11) is 0. The fourth-order valence-corrected chi connectivity index (χ4v) is 8.62. The highest BCUT2D eigenvalue weighted by atomic mass is 16.3.